The lowest BCUT2D eigenvalue weighted by Crippen LogP contribution is -2.12. The van der Waals surface area contributed by atoms with Crippen LogP contribution in [0.15, 0.2) is 22.7 Å². The van der Waals surface area contributed by atoms with E-state index in [-0.39, 0.29) is 6.04 Å². The predicted octanol–water partition coefficient (Wildman–Crippen LogP) is 2.20. The van der Waals surface area contributed by atoms with Crippen LogP contribution in [0.5, 0.6) is 5.75 Å². The first kappa shape index (κ1) is 12.5. The first-order chi connectivity index (χ1) is 7.19. The van der Waals surface area contributed by atoms with E-state index in [1.165, 1.54) is 0 Å². The van der Waals surface area contributed by atoms with Gasteiger partial charge in [-0.1, -0.05) is 6.07 Å². The van der Waals surface area contributed by atoms with Crippen molar-refractivity contribution < 1.29 is 4.74 Å². The second kappa shape index (κ2) is 6.10. The Kier molecular flexibility index (Phi) is 5.08. The number of benzene rings is 1. The van der Waals surface area contributed by atoms with Gasteiger partial charge in [-0.05, 0) is 53.0 Å². The van der Waals surface area contributed by atoms with Crippen LogP contribution >= 0.6 is 15.9 Å². The lowest BCUT2D eigenvalue weighted by Gasteiger charge is -2.13. The molecule has 0 saturated carbocycles. The largest absolute Gasteiger partial charge is 0.496 e. The van der Waals surface area contributed by atoms with Gasteiger partial charge in [0.15, 0.2) is 0 Å². The number of hydrogen-bond donors (Lipinski definition) is 2. The molecule has 4 heteroatoms. The SMILES string of the molecule is COc1ccc(C(N)CCCN)cc1Br. The van der Waals surface area contributed by atoms with E-state index in [0.717, 1.165) is 28.6 Å². The van der Waals surface area contributed by atoms with Crippen molar-refractivity contribution in [2.75, 3.05) is 13.7 Å². The summed E-state index contributed by atoms with van der Waals surface area (Å²) >= 11 is 3.44. The Morgan fingerprint density at radius 3 is 2.73 bits per heavy atom. The van der Waals surface area contributed by atoms with Gasteiger partial charge in [-0.25, -0.2) is 0 Å². The van der Waals surface area contributed by atoms with Crippen molar-refractivity contribution in [3.05, 3.63) is 28.2 Å². The van der Waals surface area contributed by atoms with E-state index >= 15 is 0 Å². The standard InChI is InChI=1S/C11H17BrN2O/c1-15-11-5-4-8(7-9(11)12)10(14)3-2-6-13/h4-5,7,10H,2-3,6,13-14H2,1H3. The minimum absolute atomic E-state index is 0.0516. The summed E-state index contributed by atoms with van der Waals surface area (Å²) in [6, 6.07) is 5.96. The predicted molar refractivity (Wildman–Crippen MR) is 65.9 cm³/mol. The molecule has 0 radical (unpaired) electrons. The van der Waals surface area contributed by atoms with Crippen molar-refractivity contribution in [1.29, 1.82) is 0 Å². The van der Waals surface area contributed by atoms with E-state index in [4.69, 9.17) is 16.2 Å². The van der Waals surface area contributed by atoms with Crippen molar-refractivity contribution >= 4 is 15.9 Å². The third kappa shape index (κ3) is 3.48. The Balaban J connectivity index is 2.73. The highest BCUT2D eigenvalue weighted by atomic mass is 79.9. The molecule has 1 aromatic carbocycles. The van der Waals surface area contributed by atoms with Crippen LogP contribution in [0.2, 0.25) is 0 Å². The summed E-state index contributed by atoms with van der Waals surface area (Å²) in [6.07, 6.45) is 1.86. The lowest BCUT2D eigenvalue weighted by molar-refractivity contribution is 0.411. The first-order valence-electron chi connectivity index (χ1n) is 4.98. The van der Waals surface area contributed by atoms with Crippen LogP contribution in [0.1, 0.15) is 24.4 Å². The molecule has 0 heterocycles. The van der Waals surface area contributed by atoms with Gasteiger partial charge in [0.05, 0.1) is 11.6 Å². The van der Waals surface area contributed by atoms with E-state index in [2.05, 4.69) is 15.9 Å². The van der Waals surface area contributed by atoms with Gasteiger partial charge in [0, 0.05) is 6.04 Å². The molecule has 3 nitrogen and oxygen atoms in total. The Labute approximate surface area is 98.9 Å². The number of halogens is 1. The molecule has 84 valence electrons. The van der Waals surface area contributed by atoms with E-state index in [9.17, 15) is 0 Å². The second-order valence-corrected chi connectivity index (χ2v) is 4.29. The number of methoxy groups -OCH3 is 1. The van der Waals surface area contributed by atoms with Crippen LogP contribution in [-0.4, -0.2) is 13.7 Å². The van der Waals surface area contributed by atoms with Crippen LogP contribution in [0, 0.1) is 0 Å². The highest BCUT2D eigenvalue weighted by Gasteiger charge is 2.08. The summed E-state index contributed by atoms with van der Waals surface area (Å²) in [5, 5.41) is 0. The summed E-state index contributed by atoms with van der Waals surface area (Å²) in [7, 11) is 1.65. The van der Waals surface area contributed by atoms with Crippen LogP contribution in [0.25, 0.3) is 0 Å². The van der Waals surface area contributed by atoms with Gasteiger partial charge in [0.2, 0.25) is 0 Å². The van der Waals surface area contributed by atoms with Gasteiger partial charge in [-0.2, -0.15) is 0 Å². The Hall–Kier alpha value is -0.580. The fraction of sp³-hybridized carbons (Fsp3) is 0.455. The smallest absolute Gasteiger partial charge is 0.133 e. The van der Waals surface area contributed by atoms with Gasteiger partial charge in [0.1, 0.15) is 5.75 Å². The summed E-state index contributed by atoms with van der Waals surface area (Å²) in [4.78, 5) is 0. The van der Waals surface area contributed by atoms with E-state index in [1.807, 2.05) is 18.2 Å². The molecule has 0 saturated heterocycles. The number of nitrogens with two attached hydrogens (primary N) is 2. The Bertz CT molecular complexity index is 317. The molecule has 15 heavy (non-hydrogen) atoms. The van der Waals surface area contributed by atoms with Crippen molar-refractivity contribution in [3.8, 4) is 5.75 Å². The normalized spacial score (nSPS) is 12.5. The third-order valence-corrected chi connectivity index (χ3v) is 2.94. The fourth-order valence-electron chi connectivity index (χ4n) is 1.42. The average Bonchev–Trinajstić information content (AvgIpc) is 2.25. The summed E-state index contributed by atoms with van der Waals surface area (Å²) in [5.41, 5.74) is 12.6. The van der Waals surface area contributed by atoms with E-state index in [1.54, 1.807) is 7.11 Å². The molecule has 0 spiro atoms. The van der Waals surface area contributed by atoms with Crippen LogP contribution in [0.4, 0.5) is 0 Å². The van der Waals surface area contributed by atoms with Crippen molar-refractivity contribution in [3.63, 3.8) is 0 Å². The summed E-state index contributed by atoms with van der Waals surface area (Å²) in [6.45, 7) is 0.686. The maximum atomic E-state index is 6.02. The maximum Gasteiger partial charge on any atom is 0.133 e. The highest BCUT2D eigenvalue weighted by molar-refractivity contribution is 9.10. The molecular formula is C11H17BrN2O. The Morgan fingerprint density at radius 2 is 2.20 bits per heavy atom. The average molecular weight is 273 g/mol. The molecule has 0 aliphatic rings. The van der Waals surface area contributed by atoms with Crippen molar-refractivity contribution in [1.82, 2.24) is 0 Å². The zero-order valence-corrected chi connectivity index (χ0v) is 10.5. The fourth-order valence-corrected chi connectivity index (χ4v) is 1.98. The number of ether oxygens (including phenoxy) is 1. The molecule has 0 aromatic heterocycles. The van der Waals surface area contributed by atoms with Gasteiger partial charge in [-0.3, -0.25) is 0 Å². The monoisotopic (exact) mass is 272 g/mol. The highest BCUT2D eigenvalue weighted by Crippen LogP contribution is 2.28. The molecule has 0 aliphatic heterocycles. The zero-order valence-electron chi connectivity index (χ0n) is 8.87. The third-order valence-electron chi connectivity index (χ3n) is 2.32. The van der Waals surface area contributed by atoms with E-state index < -0.39 is 0 Å². The van der Waals surface area contributed by atoms with Gasteiger partial charge in [0.25, 0.3) is 0 Å². The molecule has 1 unspecified atom stereocenters. The molecule has 0 bridgehead atoms. The molecule has 4 N–H and O–H groups in total. The minimum Gasteiger partial charge on any atom is -0.496 e. The maximum absolute atomic E-state index is 6.02. The summed E-state index contributed by atoms with van der Waals surface area (Å²) < 4.78 is 6.09. The molecule has 1 aromatic rings. The van der Waals surface area contributed by atoms with Crippen LogP contribution in [-0.2, 0) is 0 Å². The molecule has 0 aliphatic carbocycles. The lowest BCUT2D eigenvalue weighted by atomic mass is 10.0. The van der Waals surface area contributed by atoms with Gasteiger partial charge in [-0.15, -0.1) is 0 Å². The first-order valence-corrected chi connectivity index (χ1v) is 5.77. The number of hydrogen-bond acceptors (Lipinski definition) is 3. The minimum atomic E-state index is 0.0516. The molecule has 0 fully saturated rings. The van der Waals surface area contributed by atoms with Crippen molar-refractivity contribution in [2.24, 2.45) is 11.5 Å². The Morgan fingerprint density at radius 1 is 1.47 bits per heavy atom. The topological polar surface area (TPSA) is 61.3 Å². The number of rotatable bonds is 5. The zero-order chi connectivity index (χ0) is 11.3. The second-order valence-electron chi connectivity index (χ2n) is 3.43. The van der Waals surface area contributed by atoms with Crippen LogP contribution < -0.4 is 16.2 Å². The summed E-state index contributed by atoms with van der Waals surface area (Å²) in [5.74, 6) is 0.824. The van der Waals surface area contributed by atoms with Gasteiger partial charge < -0.3 is 16.2 Å². The molecule has 0 amide bonds. The van der Waals surface area contributed by atoms with Gasteiger partial charge >= 0.3 is 0 Å². The molecular weight excluding hydrogens is 256 g/mol. The van der Waals surface area contributed by atoms with E-state index in [0.29, 0.717) is 6.54 Å². The molecule has 1 rings (SSSR count). The molecule has 1 atom stereocenters. The van der Waals surface area contributed by atoms with Crippen LogP contribution in [0.3, 0.4) is 0 Å². The van der Waals surface area contributed by atoms with Crippen molar-refractivity contribution in [2.45, 2.75) is 18.9 Å². The quantitative estimate of drug-likeness (QED) is 0.864.